The van der Waals surface area contributed by atoms with E-state index >= 15 is 0 Å². The van der Waals surface area contributed by atoms with E-state index in [2.05, 4.69) is 20.6 Å². The number of anilines is 2. The first-order chi connectivity index (χ1) is 15.3. The van der Waals surface area contributed by atoms with Crippen LogP contribution in [0.2, 0.25) is 10.0 Å². The van der Waals surface area contributed by atoms with Crippen molar-refractivity contribution in [1.82, 2.24) is 20.2 Å². The van der Waals surface area contributed by atoms with Crippen LogP contribution in [0, 0.1) is 5.82 Å². The largest absolute Gasteiger partial charge is 0.361 e. The smallest absolute Gasteiger partial charge is 0.245 e. The number of halogens is 3. The minimum absolute atomic E-state index is 0.0634. The zero-order valence-corrected chi connectivity index (χ0v) is 19.0. The van der Waals surface area contributed by atoms with Crippen LogP contribution in [0.5, 0.6) is 0 Å². The van der Waals surface area contributed by atoms with E-state index in [-0.39, 0.29) is 23.7 Å². The fraction of sp³-hybridized carbons (Fsp3) is 0.429. The number of nitrogens with zero attached hydrogens (tertiary/aromatic N) is 4. The maximum atomic E-state index is 14.4. The molecule has 2 atom stereocenters. The van der Waals surface area contributed by atoms with E-state index in [9.17, 15) is 14.0 Å². The van der Waals surface area contributed by atoms with Crippen molar-refractivity contribution in [1.29, 1.82) is 0 Å². The summed E-state index contributed by atoms with van der Waals surface area (Å²) in [7, 11) is 0. The highest BCUT2D eigenvalue weighted by molar-refractivity contribution is 6.35. The van der Waals surface area contributed by atoms with Crippen molar-refractivity contribution in [3.8, 4) is 0 Å². The Morgan fingerprint density at radius 2 is 2.03 bits per heavy atom. The molecule has 2 N–H and O–H groups in total. The number of piperazine rings is 1. The van der Waals surface area contributed by atoms with E-state index in [0.29, 0.717) is 55.0 Å². The van der Waals surface area contributed by atoms with Crippen molar-refractivity contribution in [2.24, 2.45) is 0 Å². The van der Waals surface area contributed by atoms with Gasteiger partial charge in [-0.25, -0.2) is 9.37 Å². The molecule has 3 heterocycles. The molecule has 11 heteroatoms. The van der Waals surface area contributed by atoms with Crippen LogP contribution in [-0.2, 0) is 9.59 Å². The number of carbonyl (C=O) groups is 2. The van der Waals surface area contributed by atoms with Crippen molar-refractivity contribution in [3.63, 3.8) is 0 Å². The maximum absolute atomic E-state index is 14.4. The molecule has 2 saturated heterocycles. The highest BCUT2D eigenvalue weighted by Crippen LogP contribution is 2.29. The van der Waals surface area contributed by atoms with Crippen LogP contribution < -0.4 is 15.5 Å². The lowest BCUT2D eigenvalue weighted by Crippen LogP contribution is -2.53. The summed E-state index contributed by atoms with van der Waals surface area (Å²) in [6.45, 7) is 3.82. The molecule has 1 aromatic heterocycles. The second kappa shape index (κ2) is 9.46. The van der Waals surface area contributed by atoms with Crippen LogP contribution in [0.4, 0.5) is 16.2 Å². The Kier molecular flexibility index (Phi) is 6.66. The molecule has 2 aliphatic heterocycles. The number of amides is 2. The molecule has 32 heavy (non-hydrogen) atoms. The molecular weight excluding hydrogens is 458 g/mol. The number of aromatic nitrogens is 2. The average Bonchev–Trinajstić information content (AvgIpc) is 3.21. The summed E-state index contributed by atoms with van der Waals surface area (Å²) in [6.07, 6.45) is 2.05. The van der Waals surface area contributed by atoms with Gasteiger partial charge >= 0.3 is 0 Å². The summed E-state index contributed by atoms with van der Waals surface area (Å²) in [6, 6.07) is 4.39. The molecule has 0 saturated carbocycles. The fourth-order valence-electron chi connectivity index (χ4n) is 3.89. The number of benzene rings is 1. The van der Waals surface area contributed by atoms with Crippen molar-refractivity contribution < 1.29 is 14.0 Å². The molecule has 1 unspecified atom stereocenters. The highest BCUT2D eigenvalue weighted by atomic mass is 35.5. The number of hydrogen-bond acceptors (Lipinski definition) is 6. The molecule has 2 aliphatic rings. The highest BCUT2D eigenvalue weighted by Gasteiger charge is 2.32. The van der Waals surface area contributed by atoms with Crippen LogP contribution in [0.3, 0.4) is 0 Å². The summed E-state index contributed by atoms with van der Waals surface area (Å²) in [5, 5.41) is 6.76. The molecule has 8 nitrogen and oxygen atoms in total. The second-order valence-electron chi connectivity index (χ2n) is 7.87. The van der Waals surface area contributed by atoms with E-state index in [1.165, 1.54) is 0 Å². The summed E-state index contributed by atoms with van der Waals surface area (Å²) in [5.74, 6) is -0.274. The van der Waals surface area contributed by atoms with Gasteiger partial charge in [-0.05, 0) is 31.0 Å². The lowest BCUT2D eigenvalue weighted by Gasteiger charge is -2.36. The normalized spacial score (nSPS) is 19.6. The Labute approximate surface area is 195 Å². The standard InChI is InChI=1S/C21H23Cl2FN6O2/c1-12(14-3-2-13(22)10-15(14)23)26-19-16(24)11-25-21(28-19)30-8-6-29(7-9-30)20(32)17-4-5-18(31)27-17/h2-3,10-12,17H,4-9H2,1H3,(H,27,31)(H,25,26,28)/t12-,17?/m1/s1. The fourth-order valence-corrected chi connectivity index (χ4v) is 4.47. The number of carbonyl (C=O) groups excluding carboxylic acids is 2. The molecule has 170 valence electrons. The quantitative estimate of drug-likeness (QED) is 0.683. The number of nitrogens with one attached hydrogen (secondary N) is 2. The van der Waals surface area contributed by atoms with Gasteiger partial charge in [0.2, 0.25) is 17.8 Å². The minimum Gasteiger partial charge on any atom is -0.361 e. The van der Waals surface area contributed by atoms with Gasteiger partial charge in [0.15, 0.2) is 11.6 Å². The summed E-state index contributed by atoms with van der Waals surface area (Å²) in [4.78, 5) is 36.1. The Hall–Kier alpha value is -2.65. The molecule has 4 rings (SSSR count). The molecule has 2 amide bonds. The summed E-state index contributed by atoms with van der Waals surface area (Å²) in [5.41, 5.74) is 0.766. The van der Waals surface area contributed by atoms with Gasteiger partial charge in [-0.1, -0.05) is 29.3 Å². The van der Waals surface area contributed by atoms with Crippen LogP contribution >= 0.6 is 23.2 Å². The minimum atomic E-state index is -0.573. The SMILES string of the molecule is C[C@@H](Nc1nc(N2CCN(C(=O)C3CCC(=O)N3)CC2)ncc1F)c1ccc(Cl)cc1Cl. The third-order valence-corrected chi connectivity index (χ3v) is 6.24. The van der Waals surface area contributed by atoms with Crippen LogP contribution in [0.25, 0.3) is 0 Å². The van der Waals surface area contributed by atoms with Gasteiger partial charge in [-0.15, -0.1) is 0 Å². The lowest BCUT2D eigenvalue weighted by molar-refractivity contribution is -0.134. The third kappa shape index (κ3) is 4.88. The molecule has 1 aromatic carbocycles. The van der Waals surface area contributed by atoms with E-state index in [0.717, 1.165) is 11.8 Å². The summed E-state index contributed by atoms with van der Waals surface area (Å²) < 4.78 is 14.4. The molecule has 2 fully saturated rings. The zero-order valence-electron chi connectivity index (χ0n) is 17.4. The maximum Gasteiger partial charge on any atom is 0.245 e. The molecule has 2 aromatic rings. The van der Waals surface area contributed by atoms with E-state index in [4.69, 9.17) is 23.2 Å². The van der Waals surface area contributed by atoms with Crippen LogP contribution in [0.1, 0.15) is 31.4 Å². The second-order valence-corrected chi connectivity index (χ2v) is 8.71. The van der Waals surface area contributed by atoms with Crippen molar-refractivity contribution >= 4 is 46.8 Å². The zero-order chi connectivity index (χ0) is 22.8. The lowest BCUT2D eigenvalue weighted by atomic mass is 10.1. The topological polar surface area (TPSA) is 90.5 Å². The van der Waals surface area contributed by atoms with E-state index < -0.39 is 11.9 Å². The Balaban J connectivity index is 1.40. The third-order valence-electron chi connectivity index (χ3n) is 5.68. The van der Waals surface area contributed by atoms with Crippen molar-refractivity contribution in [2.75, 3.05) is 36.4 Å². The number of rotatable bonds is 5. The first-order valence-electron chi connectivity index (χ1n) is 10.4. The summed E-state index contributed by atoms with van der Waals surface area (Å²) >= 11 is 12.2. The Bertz CT molecular complexity index is 1030. The van der Waals surface area contributed by atoms with Crippen molar-refractivity contribution in [2.45, 2.75) is 31.8 Å². The van der Waals surface area contributed by atoms with E-state index in [1.54, 1.807) is 23.1 Å². The van der Waals surface area contributed by atoms with Gasteiger partial charge in [-0.3, -0.25) is 9.59 Å². The first kappa shape index (κ1) is 22.5. The van der Waals surface area contributed by atoms with Gasteiger partial charge in [0.25, 0.3) is 0 Å². The van der Waals surface area contributed by atoms with Gasteiger partial charge in [0.05, 0.1) is 12.2 Å². The van der Waals surface area contributed by atoms with Gasteiger partial charge in [-0.2, -0.15) is 4.98 Å². The van der Waals surface area contributed by atoms with Gasteiger partial charge in [0.1, 0.15) is 6.04 Å². The first-order valence-corrected chi connectivity index (χ1v) is 11.1. The molecule has 0 bridgehead atoms. The molecule has 0 aliphatic carbocycles. The molecule has 0 radical (unpaired) electrons. The predicted molar refractivity (Wildman–Crippen MR) is 120 cm³/mol. The van der Waals surface area contributed by atoms with E-state index in [1.807, 2.05) is 11.8 Å². The van der Waals surface area contributed by atoms with Crippen LogP contribution in [0.15, 0.2) is 24.4 Å². The average molecular weight is 481 g/mol. The van der Waals surface area contributed by atoms with Crippen molar-refractivity contribution in [3.05, 3.63) is 45.8 Å². The predicted octanol–water partition coefficient (Wildman–Crippen LogP) is 3.02. The molecular formula is C21H23Cl2FN6O2. The van der Waals surface area contributed by atoms with Gasteiger partial charge in [0, 0.05) is 42.6 Å². The molecule has 0 spiro atoms. The van der Waals surface area contributed by atoms with Gasteiger partial charge < -0.3 is 20.4 Å². The Morgan fingerprint density at radius 1 is 1.28 bits per heavy atom. The van der Waals surface area contributed by atoms with Crippen LogP contribution in [-0.4, -0.2) is 58.9 Å². The monoisotopic (exact) mass is 480 g/mol. The number of hydrogen-bond donors (Lipinski definition) is 2. The Morgan fingerprint density at radius 3 is 2.69 bits per heavy atom.